The lowest BCUT2D eigenvalue weighted by Gasteiger charge is -2.37. The summed E-state index contributed by atoms with van der Waals surface area (Å²) in [6.45, 7) is 7.17. The summed E-state index contributed by atoms with van der Waals surface area (Å²) in [5.74, 6) is -0.789. The van der Waals surface area contributed by atoms with Crippen LogP contribution in [0.5, 0.6) is 0 Å². The molecule has 0 aromatic heterocycles. The second-order valence-corrected chi connectivity index (χ2v) is 7.43. The van der Waals surface area contributed by atoms with Gasteiger partial charge in [0.1, 0.15) is 0 Å². The van der Waals surface area contributed by atoms with Crippen LogP contribution in [0.2, 0.25) is 0 Å². The molecule has 0 N–H and O–H groups in total. The maximum atomic E-state index is 12.4. The lowest BCUT2D eigenvalue weighted by Crippen LogP contribution is -2.51. The molecule has 2 aliphatic rings. The fraction of sp³-hybridized carbons (Fsp3) is 0.318. The zero-order valence-corrected chi connectivity index (χ0v) is 16.1. The number of hydrogen-bond donors (Lipinski definition) is 0. The largest absolute Gasteiger partial charge is 0.369 e. The van der Waals surface area contributed by atoms with Gasteiger partial charge in [-0.3, -0.25) is 24.2 Å². The highest BCUT2D eigenvalue weighted by atomic mass is 16.2. The minimum Gasteiger partial charge on any atom is -0.369 e. The van der Waals surface area contributed by atoms with Crippen molar-refractivity contribution in [2.24, 2.45) is 0 Å². The molecule has 0 bridgehead atoms. The van der Waals surface area contributed by atoms with Crippen LogP contribution >= 0.6 is 0 Å². The smallest absolute Gasteiger partial charge is 0.300 e. The predicted octanol–water partition coefficient (Wildman–Crippen LogP) is 2.51. The van der Waals surface area contributed by atoms with Crippen molar-refractivity contribution in [1.82, 2.24) is 4.90 Å². The molecule has 0 atom stereocenters. The molecular formula is C22H23N3O3. The molecule has 6 nitrogen and oxygen atoms in total. The van der Waals surface area contributed by atoms with Crippen molar-refractivity contribution < 1.29 is 14.4 Å². The van der Waals surface area contributed by atoms with E-state index in [1.54, 1.807) is 17.9 Å². The topological polar surface area (TPSA) is 60.9 Å². The summed E-state index contributed by atoms with van der Waals surface area (Å²) in [5.41, 5.74) is 4.01. The van der Waals surface area contributed by atoms with Crippen molar-refractivity contribution in [3.63, 3.8) is 0 Å². The van der Waals surface area contributed by atoms with E-state index >= 15 is 0 Å². The number of amides is 1. The number of aryl methyl sites for hydroxylation is 1. The van der Waals surface area contributed by atoms with Crippen LogP contribution in [0.25, 0.3) is 0 Å². The molecule has 2 aromatic rings. The van der Waals surface area contributed by atoms with Gasteiger partial charge in [-0.1, -0.05) is 11.6 Å². The summed E-state index contributed by atoms with van der Waals surface area (Å²) < 4.78 is 0. The summed E-state index contributed by atoms with van der Waals surface area (Å²) in [4.78, 5) is 42.2. The lowest BCUT2D eigenvalue weighted by atomic mass is 10.1. The second kappa shape index (κ2) is 7.20. The second-order valence-electron chi connectivity index (χ2n) is 7.43. The van der Waals surface area contributed by atoms with Crippen molar-refractivity contribution in [1.29, 1.82) is 0 Å². The van der Waals surface area contributed by atoms with Gasteiger partial charge in [-0.2, -0.15) is 0 Å². The van der Waals surface area contributed by atoms with Gasteiger partial charge in [0.15, 0.2) is 5.78 Å². The van der Waals surface area contributed by atoms with Gasteiger partial charge in [0.2, 0.25) is 0 Å². The number of fused-ring (bicyclic) bond motifs is 1. The maximum absolute atomic E-state index is 12.4. The molecule has 0 unspecified atom stereocenters. The van der Waals surface area contributed by atoms with Crippen LogP contribution in [0.1, 0.15) is 33.2 Å². The fourth-order valence-electron chi connectivity index (χ4n) is 3.81. The van der Waals surface area contributed by atoms with E-state index in [0.717, 1.165) is 37.4 Å². The van der Waals surface area contributed by atoms with Gasteiger partial charge < -0.3 is 4.90 Å². The van der Waals surface area contributed by atoms with Crippen LogP contribution in [0.15, 0.2) is 42.5 Å². The number of rotatable bonds is 4. The Bertz CT molecular complexity index is 944. The summed E-state index contributed by atoms with van der Waals surface area (Å²) in [6, 6.07) is 13.3. The number of carbonyl (C=O) groups excluding carboxylic acids is 3. The third-order valence-electron chi connectivity index (χ3n) is 5.48. The number of carbonyl (C=O) groups is 3. The third-order valence-corrected chi connectivity index (χ3v) is 5.48. The van der Waals surface area contributed by atoms with Crippen molar-refractivity contribution in [2.75, 3.05) is 42.6 Å². The molecule has 4 rings (SSSR count). The molecule has 28 heavy (non-hydrogen) atoms. The summed E-state index contributed by atoms with van der Waals surface area (Å²) >= 11 is 0. The van der Waals surface area contributed by atoms with E-state index in [1.807, 2.05) is 43.3 Å². The van der Waals surface area contributed by atoms with E-state index in [1.165, 1.54) is 0 Å². The Morgan fingerprint density at radius 2 is 1.64 bits per heavy atom. The van der Waals surface area contributed by atoms with Crippen LogP contribution in [0.4, 0.5) is 11.4 Å². The highest BCUT2D eigenvalue weighted by molar-refractivity contribution is 6.52. The van der Waals surface area contributed by atoms with Gasteiger partial charge in [0.25, 0.3) is 5.78 Å². The normalized spacial score (nSPS) is 17.2. The number of anilines is 2. The average molecular weight is 377 g/mol. The molecule has 144 valence electrons. The molecule has 1 saturated heterocycles. The molecule has 0 spiro atoms. The molecule has 0 aliphatic carbocycles. The van der Waals surface area contributed by atoms with Crippen LogP contribution < -0.4 is 9.80 Å². The average Bonchev–Trinajstić information content (AvgIpc) is 2.93. The number of nitrogens with zero attached hydrogens (tertiary/aromatic N) is 3. The molecule has 1 amide bonds. The summed E-state index contributed by atoms with van der Waals surface area (Å²) in [7, 11) is 0. The first kappa shape index (κ1) is 18.4. The Kier molecular flexibility index (Phi) is 4.73. The molecule has 2 aliphatic heterocycles. The highest BCUT2D eigenvalue weighted by Gasteiger charge is 2.36. The van der Waals surface area contributed by atoms with Gasteiger partial charge in [-0.25, -0.2) is 0 Å². The Hall–Kier alpha value is -2.99. The number of benzene rings is 2. The minimum atomic E-state index is -0.442. The third kappa shape index (κ3) is 3.31. The number of Topliss-reactive ketones (excluding diaryl/α,β-unsaturated/α-hetero) is 2. The van der Waals surface area contributed by atoms with E-state index in [4.69, 9.17) is 0 Å². The predicted molar refractivity (Wildman–Crippen MR) is 108 cm³/mol. The van der Waals surface area contributed by atoms with Gasteiger partial charge in [0, 0.05) is 37.4 Å². The molecule has 6 heteroatoms. The van der Waals surface area contributed by atoms with E-state index in [0.29, 0.717) is 23.5 Å². The first-order valence-electron chi connectivity index (χ1n) is 9.49. The van der Waals surface area contributed by atoms with Crippen molar-refractivity contribution in [3.05, 3.63) is 59.2 Å². The minimum absolute atomic E-state index is 0.0664. The number of ketones is 2. The standard InChI is InChI=1S/C22H23N3O3/c1-15-3-8-20-19(13-15)21(27)22(28)25(20)14-23-9-11-24(12-10-23)18-6-4-17(5-7-18)16(2)26/h3-8,13H,9-12,14H2,1-2H3. The molecule has 2 aromatic carbocycles. The summed E-state index contributed by atoms with van der Waals surface area (Å²) in [6.07, 6.45) is 0. The first-order chi connectivity index (χ1) is 13.4. The van der Waals surface area contributed by atoms with E-state index in [9.17, 15) is 14.4 Å². The molecule has 2 heterocycles. The molecular weight excluding hydrogens is 354 g/mol. The quantitative estimate of drug-likeness (QED) is 0.605. The van der Waals surface area contributed by atoms with Gasteiger partial charge in [0.05, 0.1) is 17.9 Å². The Balaban J connectivity index is 1.40. The molecule has 0 saturated carbocycles. The summed E-state index contributed by atoms with van der Waals surface area (Å²) in [5, 5.41) is 0. The fourth-order valence-corrected chi connectivity index (χ4v) is 3.81. The van der Waals surface area contributed by atoms with Gasteiger partial charge >= 0.3 is 5.91 Å². The number of piperazine rings is 1. The van der Waals surface area contributed by atoms with Gasteiger partial charge in [-0.05, 0) is 50.2 Å². The monoisotopic (exact) mass is 377 g/mol. The SMILES string of the molecule is CC(=O)c1ccc(N2CCN(CN3C(=O)C(=O)c4cc(C)ccc43)CC2)cc1. The number of hydrogen-bond acceptors (Lipinski definition) is 5. The van der Waals surface area contributed by atoms with Crippen LogP contribution in [0.3, 0.4) is 0 Å². The van der Waals surface area contributed by atoms with Crippen molar-refractivity contribution in [2.45, 2.75) is 13.8 Å². The lowest BCUT2D eigenvalue weighted by molar-refractivity contribution is -0.114. The Morgan fingerprint density at radius 3 is 2.29 bits per heavy atom. The maximum Gasteiger partial charge on any atom is 0.300 e. The van der Waals surface area contributed by atoms with Crippen LogP contribution in [0, 0.1) is 6.92 Å². The van der Waals surface area contributed by atoms with Gasteiger partial charge in [-0.15, -0.1) is 0 Å². The van der Waals surface area contributed by atoms with Crippen LogP contribution in [-0.4, -0.2) is 55.2 Å². The van der Waals surface area contributed by atoms with E-state index in [2.05, 4.69) is 9.80 Å². The van der Waals surface area contributed by atoms with E-state index in [-0.39, 0.29) is 5.78 Å². The Labute approximate surface area is 164 Å². The van der Waals surface area contributed by atoms with Crippen LogP contribution in [-0.2, 0) is 4.79 Å². The zero-order valence-electron chi connectivity index (χ0n) is 16.1. The molecule has 1 fully saturated rings. The van der Waals surface area contributed by atoms with Crippen molar-refractivity contribution in [3.8, 4) is 0 Å². The van der Waals surface area contributed by atoms with Crippen molar-refractivity contribution >= 4 is 28.8 Å². The molecule has 0 radical (unpaired) electrons. The first-order valence-corrected chi connectivity index (χ1v) is 9.49. The zero-order chi connectivity index (χ0) is 19.8. The van der Waals surface area contributed by atoms with E-state index < -0.39 is 11.7 Å². The highest BCUT2D eigenvalue weighted by Crippen LogP contribution is 2.30. The Morgan fingerprint density at radius 1 is 0.964 bits per heavy atom.